The Kier molecular flexibility index (Phi) is 7.11. The third-order valence-electron chi connectivity index (χ3n) is 3.86. The predicted molar refractivity (Wildman–Crippen MR) is 103 cm³/mol. The monoisotopic (exact) mass is 294 g/mol. The van der Waals surface area contributed by atoms with Gasteiger partial charge in [-0.1, -0.05) is 83.2 Å². The minimum Gasteiger partial charge on any atom is -0.0773 e. The maximum absolute atomic E-state index is 2.32. The van der Waals surface area contributed by atoms with Gasteiger partial charge in [0.25, 0.3) is 0 Å². The number of aryl methyl sites for hydroxylation is 2. The molecule has 0 bridgehead atoms. The summed E-state index contributed by atoms with van der Waals surface area (Å²) in [5.74, 6) is 0.513. The smallest absolute Gasteiger partial charge is 0.00752 e. The Hall–Kier alpha value is -1.82. The molecule has 1 aliphatic carbocycles. The summed E-state index contributed by atoms with van der Waals surface area (Å²) in [6.07, 6.45) is 9.05. The largest absolute Gasteiger partial charge is 0.0773 e. The van der Waals surface area contributed by atoms with E-state index in [0.717, 1.165) is 0 Å². The molecule has 0 unspecified atom stereocenters. The van der Waals surface area contributed by atoms with Crippen LogP contribution in [0.25, 0.3) is 22.9 Å². The number of rotatable bonds is 0. The van der Waals surface area contributed by atoms with E-state index in [-0.39, 0.29) is 0 Å². The minimum absolute atomic E-state index is 0.513. The van der Waals surface area contributed by atoms with E-state index >= 15 is 0 Å². The van der Waals surface area contributed by atoms with Gasteiger partial charge in [0.15, 0.2) is 0 Å². The van der Waals surface area contributed by atoms with Crippen LogP contribution >= 0.6 is 0 Å². The lowest BCUT2D eigenvalue weighted by atomic mass is 9.95. The molecule has 0 spiro atoms. The quantitative estimate of drug-likeness (QED) is 0.482. The molecule has 1 aliphatic rings. The molecule has 0 aliphatic heterocycles. The second kappa shape index (κ2) is 8.58. The SMILES string of the molecule is CC.CC.Cc1cc2ccc3c(c2cc1C)C=C[C@@H](C)C=C3. The van der Waals surface area contributed by atoms with Crippen molar-refractivity contribution in [1.29, 1.82) is 0 Å². The van der Waals surface area contributed by atoms with Crippen molar-refractivity contribution in [3.05, 3.63) is 58.7 Å². The van der Waals surface area contributed by atoms with Crippen LogP contribution in [0.15, 0.2) is 36.4 Å². The molecule has 0 saturated heterocycles. The van der Waals surface area contributed by atoms with Crippen LogP contribution in [-0.2, 0) is 0 Å². The summed E-state index contributed by atoms with van der Waals surface area (Å²) in [5.41, 5.74) is 5.41. The molecule has 1 atom stereocenters. The highest BCUT2D eigenvalue weighted by Gasteiger charge is 2.08. The van der Waals surface area contributed by atoms with Gasteiger partial charge < -0.3 is 0 Å². The molecule has 2 aromatic rings. The number of allylic oxidation sites excluding steroid dienone is 2. The van der Waals surface area contributed by atoms with Crippen LogP contribution in [0.1, 0.15) is 56.9 Å². The van der Waals surface area contributed by atoms with Crippen molar-refractivity contribution in [3.63, 3.8) is 0 Å². The lowest BCUT2D eigenvalue weighted by Gasteiger charge is -2.09. The minimum atomic E-state index is 0.513. The molecule has 0 aromatic heterocycles. The average molecular weight is 294 g/mol. The van der Waals surface area contributed by atoms with Crippen LogP contribution in [0, 0.1) is 19.8 Å². The van der Waals surface area contributed by atoms with Gasteiger partial charge in [0, 0.05) is 0 Å². The third kappa shape index (κ3) is 3.88. The van der Waals surface area contributed by atoms with Crippen LogP contribution in [0.2, 0.25) is 0 Å². The van der Waals surface area contributed by atoms with Crippen LogP contribution in [-0.4, -0.2) is 0 Å². The maximum Gasteiger partial charge on any atom is -0.00752 e. The second-order valence-corrected chi connectivity index (χ2v) is 5.30. The van der Waals surface area contributed by atoms with Crippen LogP contribution in [0.3, 0.4) is 0 Å². The van der Waals surface area contributed by atoms with Crippen LogP contribution in [0.4, 0.5) is 0 Å². The van der Waals surface area contributed by atoms with E-state index in [1.165, 1.54) is 33.0 Å². The van der Waals surface area contributed by atoms with Gasteiger partial charge in [-0.2, -0.15) is 0 Å². The summed E-state index contributed by atoms with van der Waals surface area (Å²) in [5, 5.41) is 2.70. The van der Waals surface area contributed by atoms with Gasteiger partial charge in [-0.25, -0.2) is 0 Å². The van der Waals surface area contributed by atoms with Gasteiger partial charge in [-0.15, -0.1) is 0 Å². The first kappa shape index (κ1) is 18.2. The van der Waals surface area contributed by atoms with E-state index in [0.29, 0.717) is 5.92 Å². The highest BCUT2D eigenvalue weighted by Crippen LogP contribution is 2.29. The molecule has 0 radical (unpaired) electrons. The van der Waals surface area contributed by atoms with E-state index in [9.17, 15) is 0 Å². The molecule has 118 valence electrons. The second-order valence-electron chi connectivity index (χ2n) is 5.30. The molecule has 0 amide bonds. The highest BCUT2D eigenvalue weighted by atomic mass is 14.1. The summed E-state index contributed by atoms with van der Waals surface area (Å²) in [6, 6.07) is 9.06. The van der Waals surface area contributed by atoms with Gasteiger partial charge in [-0.3, -0.25) is 0 Å². The van der Waals surface area contributed by atoms with E-state index in [1.54, 1.807) is 0 Å². The summed E-state index contributed by atoms with van der Waals surface area (Å²) in [6.45, 7) is 14.6. The fraction of sp³-hybridized carbons (Fsp3) is 0.364. The van der Waals surface area contributed by atoms with Gasteiger partial charge in [0.05, 0.1) is 0 Å². The highest BCUT2D eigenvalue weighted by molar-refractivity contribution is 5.95. The molecule has 0 N–H and O–H groups in total. The lowest BCUT2D eigenvalue weighted by Crippen LogP contribution is -1.87. The summed E-state index contributed by atoms with van der Waals surface area (Å²) in [4.78, 5) is 0. The van der Waals surface area contributed by atoms with Crippen molar-refractivity contribution < 1.29 is 0 Å². The molecule has 0 saturated carbocycles. The maximum atomic E-state index is 2.32. The zero-order chi connectivity index (χ0) is 16.7. The van der Waals surface area contributed by atoms with Gasteiger partial charge in [-0.05, 0) is 52.8 Å². The average Bonchev–Trinajstić information content (AvgIpc) is 2.75. The van der Waals surface area contributed by atoms with Crippen molar-refractivity contribution in [1.82, 2.24) is 0 Å². The predicted octanol–water partition coefficient (Wildman–Crippen LogP) is 7.19. The first-order valence-electron chi connectivity index (χ1n) is 8.55. The number of hydrogen-bond acceptors (Lipinski definition) is 0. The van der Waals surface area contributed by atoms with Gasteiger partial charge in [0.2, 0.25) is 0 Å². The zero-order valence-corrected chi connectivity index (χ0v) is 15.2. The van der Waals surface area contributed by atoms with E-state index < -0.39 is 0 Å². The number of benzene rings is 2. The molecular formula is C22H30. The Bertz CT molecular complexity index is 672. The Labute approximate surface area is 136 Å². The first-order chi connectivity index (χ1) is 10.6. The third-order valence-corrected chi connectivity index (χ3v) is 3.86. The first-order valence-corrected chi connectivity index (χ1v) is 8.55. The van der Waals surface area contributed by atoms with Crippen LogP contribution in [0.5, 0.6) is 0 Å². The van der Waals surface area contributed by atoms with Crippen molar-refractivity contribution in [2.75, 3.05) is 0 Å². The van der Waals surface area contributed by atoms with Crippen molar-refractivity contribution in [3.8, 4) is 0 Å². The van der Waals surface area contributed by atoms with Crippen molar-refractivity contribution in [2.45, 2.75) is 48.5 Å². The standard InChI is InChI=1S/C18H18.2C2H6/c1-12-4-6-15-7-8-16-10-13(2)14(3)11-18(16)17(15)9-5-12;2*1-2/h4-12H,1-3H3;2*1-2H3/t12-;;/m0../s1. The van der Waals surface area contributed by atoms with Crippen molar-refractivity contribution in [2.24, 2.45) is 5.92 Å². The van der Waals surface area contributed by atoms with Crippen molar-refractivity contribution >= 4 is 22.9 Å². The van der Waals surface area contributed by atoms with E-state index in [4.69, 9.17) is 0 Å². The number of fused-ring (bicyclic) bond motifs is 3. The zero-order valence-electron chi connectivity index (χ0n) is 15.2. The molecule has 2 aromatic carbocycles. The molecular weight excluding hydrogens is 264 g/mol. The molecule has 0 heterocycles. The van der Waals surface area contributed by atoms with E-state index in [1.807, 2.05) is 27.7 Å². The fourth-order valence-electron chi connectivity index (χ4n) is 2.53. The normalized spacial score (nSPS) is 15.1. The molecule has 3 rings (SSSR count). The summed E-state index contributed by atoms with van der Waals surface area (Å²) >= 11 is 0. The number of hydrogen-bond donors (Lipinski definition) is 0. The lowest BCUT2D eigenvalue weighted by molar-refractivity contribution is 0.954. The molecule has 0 fully saturated rings. The fourth-order valence-corrected chi connectivity index (χ4v) is 2.53. The van der Waals surface area contributed by atoms with Gasteiger partial charge >= 0.3 is 0 Å². The topological polar surface area (TPSA) is 0 Å². The Morgan fingerprint density at radius 1 is 0.773 bits per heavy atom. The Morgan fingerprint density at radius 2 is 1.36 bits per heavy atom. The van der Waals surface area contributed by atoms with Crippen LogP contribution < -0.4 is 0 Å². The Balaban J connectivity index is 0.000000561. The summed E-state index contributed by atoms with van der Waals surface area (Å²) in [7, 11) is 0. The molecule has 22 heavy (non-hydrogen) atoms. The molecule has 0 nitrogen and oxygen atoms in total. The Morgan fingerprint density at radius 3 is 2.05 bits per heavy atom. The van der Waals surface area contributed by atoms with Gasteiger partial charge in [0.1, 0.15) is 0 Å². The van der Waals surface area contributed by atoms with E-state index in [2.05, 4.69) is 69.3 Å². The molecule has 0 heteroatoms. The summed E-state index contributed by atoms with van der Waals surface area (Å²) < 4.78 is 0.